The van der Waals surface area contributed by atoms with Crippen LogP contribution in [0, 0.1) is 46.9 Å². The summed E-state index contributed by atoms with van der Waals surface area (Å²) in [6, 6.07) is 0. The second-order valence-corrected chi connectivity index (χ2v) is 1.14. The zero-order chi connectivity index (χ0) is 4.99. The van der Waals surface area contributed by atoms with Gasteiger partial charge in [0.05, 0.1) is 0 Å². The van der Waals surface area contributed by atoms with E-state index >= 15 is 0 Å². The fraction of sp³-hybridized carbons (Fsp3) is 0.750. The van der Waals surface area contributed by atoms with E-state index in [1.54, 1.807) is 0 Å². The van der Waals surface area contributed by atoms with Gasteiger partial charge in [0, 0.05) is 53.3 Å². The van der Waals surface area contributed by atoms with Crippen LogP contribution in [0.4, 0.5) is 0 Å². The summed E-state index contributed by atoms with van der Waals surface area (Å²) in [5, 5.41) is 7.91. The van der Waals surface area contributed by atoms with Crippen molar-refractivity contribution in [3.63, 3.8) is 0 Å². The Labute approximate surface area is 81.5 Å². The first kappa shape index (κ1) is 10.9. The molecule has 0 aromatic heterocycles. The third-order valence-corrected chi connectivity index (χ3v) is 0.464. The van der Waals surface area contributed by atoms with E-state index in [0.717, 1.165) is 6.42 Å². The fourth-order valence-corrected chi connectivity index (χ4v) is 0.214. The average Bonchev–Trinajstić information content (AvgIpc) is 1.35. The van der Waals surface area contributed by atoms with Gasteiger partial charge in [-0.05, 0) is 6.42 Å². The molecule has 2 nitrogen and oxygen atoms in total. The van der Waals surface area contributed by atoms with Gasteiger partial charge in [0.15, 0.2) is 0 Å². The summed E-state index contributed by atoms with van der Waals surface area (Å²) in [5.41, 5.74) is 0. The SMILES string of the molecule is CCCC(=O)O.[Yb]. The minimum Gasteiger partial charge on any atom is -0.481 e. The van der Waals surface area contributed by atoms with Gasteiger partial charge >= 0.3 is 5.97 Å². The molecule has 0 bridgehead atoms. The number of hydrogen-bond acceptors (Lipinski definition) is 1. The predicted octanol–water partition coefficient (Wildman–Crippen LogP) is 0.871. The molecule has 0 aliphatic heterocycles. The summed E-state index contributed by atoms with van der Waals surface area (Å²) in [6.07, 6.45) is 1.02. The van der Waals surface area contributed by atoms with Crippen molar-refractivity contribution >= 4 is 5.97 Å². The second kappa shape index (κ2) is 6.99. The van der Waals surface area contributed by atoms with Crippen LogP contribution in [-0.4, -0.2) is 11.1 Å². The third-order valence-electron chi connectivity index (χ3n) is 0.464. The van der Waals surface area contributed by atoms with Crippen LogP contribution in [0.3, 0.4) is 0 Å². The summed E-state index contributed by atoms with van der Waals surface area (Å²) in [6.45, 7) is 1.84. The van der Waals surface area contributed by atoms with Crippen LogP contribution in [0.5, 0.6) is 0 Å². The van der Waals surface area contributed by atoms with Gasteiger partial charge in [-0.25, -0.2) is 0 Å². The van der Waals surface area contributed by atoms with Crippen LogP contribution in [0.25, 0.3) is 0 Å². The minimum absolute atomic E-state index is 0. The van der Waals surface area contributed by atoms with Gasteiger partial charge in [0.25, 0.3) is 0 Å². The van der Waals surface area contributed by atoms with E-state index in [9.17, 15) is 4.79 Å². The van der Waals surface area contributed by atoms with Crippen LogP contribution in [0.2, 0.25) is 0 Å². The van der Waals surface area contributed by atoms with E-state index in [4.69, 9.17) is 5.11 Å². The van der Waals surface area contributed by atoms with Crippen molar-refractivity contribution in [3.05, 3.63) is 0 Å². The van der Waals surface area contributed by atoms with E-state index in [-0.39, 0.29) is 46.9 Å². The maximum Gasteiger partial charge on any atom is 0.303 e. The van der Waals surface area contributed by atoms with Crippen molar-refractivity contribution in [2.45, 2.75) is 19.8 Å². The van der Waals surface area contributed by atoms with Crippen molar-refractivity contribution in [1.29, 1.82) is 0 Å². The van der Waals surface area contributed by atoms with E-state index < -0.39 is 5.97 Å². The average molecular weight is 261 g/mol. The normalized spacial score (nSPS) is 7.00. The first-order valence-corrected chi connectivity index (χ1v) is 1.99. The van der Waals surface area contributed by atoms with Crippen molar-refractivity contribution < 1.29 is 56.8 Å². The van der Waals surface area contributed by atoms with Gasteiger partial charge in [-0.1, -0.05) is 6.92 Å². The van der Waals surface area contributed by atoms with E-state index in [0.29, 0.717) is 6.42 Å². The number of hydrogen-bond donors (Lipinski definition) is 1. The Hall–Kier alpha value is 0.989. The van der Waals surface area contributed by atoms with Gasteiger partial charge in [0.2, 0.25) is 0 Å². The van der Waals surface area contributed by atoms with Gasteiger partial charge in [-0.15, -0.1) is 0 Å². The molecule has 0 amide bonds. The van der Waals surface area contributed by atoms with E-state index in [1.807, 2.05) is 6.92 Å². The standard InChI is InChI=1S/C4H8O2.Yb/c1-2-3-4(5)6;/h2-3H2,1H3,(H,5,6);. The minimum atomic E-state index is -0.711. The molecule has 0 aliphatic carbocycles. The number of rotatable bonds is 2. The van der Waals surface area contributed by atoms with Crippen molar-refractivity contribution in [2.24, 2.45) is 0 Å². The molecule has 0 saturated carbocycles. The molecule has 3 heteroatoms. The Morgan fingerprint density at radius 1 is 1.71 bits per heavy atom. The zero-order valence-corrected chi connectivity index (χ0v) is 5.75. The molecule has 0 spiro atoms. The second-order valence-electron chi connectivity index (χ2n) is 1.14. The molecule has 7 heavy (non-hydrogen) atoms. The molecule has 1 N–H and O–H groups in total. The summed E-state index contributed by atoms with van der Waals surface area (Å²) in [7, 11) is 0. The van der Waals surface area contributed by atoms with Gasteiger partial charge < -0.3 is 5.11 Å². The molecule has 0 aliphatic rings. The predicted molar refractivity (Wildman–Crippen MR) is 22.5 cm³/mol. The Balaban J connectivity index is 0. The third kappa shape index (κ3) is 10.9. The van der Waals surface area contributed by atoms with Crippen LogP contribution in [0.15, 0.2) is 0 Å². The summed E-state index contributed by atoms with van der Waals surface area (Å²) in [5.74, 6) is -0.711. The van der Waals surface area contributed by atoms with Crippen molar-refractivity contribution in [3.8, 4) is 0 Å². The Bertz CT molecular complexity index is 53.7. The molecule has 0 fully saturated rings. The van der Waals surface area contributed by atoms with Crippen LogP contribution < -0.4 is 0 Å². The summed E-state index contributed by atoms with van der Waals surface area (Å²) in [4.78, 5) is 9.60. The molecule has 0 aromatic carbocycles. The number of carboxylic acid groups (broad SMARTS) is 1. The molecule has 0 unspecified atom stereocenters. The topological polar surface area (TPSA) is 37.3 Å². The van der Waals surface area contributed by atoms with Crippen molar-refractivity contribution in [1.82, 2.24) is 0 Å². The molecule has 0 radical (unpaired) electrons. The van der Waals surface area contributed by atoms with E-state index in [1.165, 1.54) is 0 Å². The Kier molecular flexibility index (Phi) is 10.9. The van der Waals surface area contributed by atoms with Crippen LogP contribution in [0.1, 0.15) is 19.8 Å². The molecule has 50 valence electrons. The number of carboxylic acids is 1. The van der Waals surface area contributed by atoms with Gasteiger partial charge in [-0.3, -0.25) is 4.79 Å². The zero-order valence-electron chi connectivity index (χ0n) is 4.04. The molecule has 0 saturated heterocycles. The smallest absolute Gasteiger partial charge is 0.303 e. The largest absolute Gasteiger partial charge is 0.481 e. The molecule has 0 atom stereocenters. The molecule has 0 aromatic rings. The van der Waals surface area contributed by atoms with Gasteiger partial charge in [0.1, 0.15) is 0 Å². The molecular formula is C4H8O2Yb. The molecule has 0 rings (SSSR count). The van der Waals surface area contributed by atoms with Gasteiger partial charge in [-0.2, -0.15) is 0 Å². The number of carbonyl (C=O) groups is 1. The molecule has 0 heterocycles. The summed E-state index contributed by atoms with van der Waals surface area (Å²) < 4.78 is 0. The molecular weight excluding hydrogens is 253 g/mol. The first-order valence-electron chi connectivity index (χ1n) is 1.99. The monoisotopic (exact) mass is 262 g/mol. The maximum atomic E-state index is 9.60. The van der Waals surface area contributed by atoms with E-state index in [2.05, 4.69) is 0 Å². The Morgan fingerprint density at radius 2 is 2.14 bits per heavy atom. The fourth-order valence-electron chi connectivity index (χ4n) is 0.214. The van der Waals surface area contributed by atoms with Crippen molar-refractivity contribution in [2.75, 3.05) is 0 Å². The van der Waals surface area contributed by atoms with Crippen LogP contribution >= 0.6 is 0 Å². The Morgan fingerprint density at radius 3 is 2.14 bits per heavy atom. The summed E-state index contributed by atoms with van der Waals surface area (Å²) >= 11 is 0. The number of aliphatic carboxylic acids is 1. The quantitative estimate of drug-likeness (QED) is 0.801. The maximum absolute atomic E-state index is 9.60. The first-order chi connectivity index (χ1) is 2.77. The van der Waals surface area contributed by atoms with Crippen LogP contribution in [-0.2, 0) is 4.79 Å².